The smallest absolute Gasteiger partial charge is 0.278 e. The van der Waals surface area contributed by atoms with Gasteiger partial charge in [0.2, 0.25) is 0 Å². The van der Waals surface area contributed by atoms with Crippen LogP contribution in [-0.2, 0) is 13.0 Å². The highest BCUT2D eigenvalue weighted by Crippen LogP contribution is 2.25. The summed E-state index contributed by atoms with van der Waals surface area (Å²) in [5.74, 6) is -0.222. The summed E-state index contributed by atoms with van der Waals surface area (Å²) in [7, 11) is 0. The van der Waals surface area contributed by atoms with E-state index in [-0.39, 0.29) is 23.7 Å². The minimum absolute atomic E-state index is 0.202. The molecule has 1 aliphatic heterocycles. The molecule has 1 aliphatic rings. The molecule has 0 bridgehead atoms. The van der Waals surface area contributed by atoms with Crippen molar-refractivity contribution in [1.29, 1.82) is 0 Å². The first-order valence-corrected chi connectivity index (χ1v) is 7.19. The van der Waals surface area contributed by atoms with Gasteiger partial charge >= 0.3 is 0 Å². The summed E-state index contributed by atoms with van der Waals surface area (Å²) in [5.41, 5.74) is 2.68. The van der Waals surface area contributed by atoms with Gasteiger partial charge in [-0.15, -0.1) is 0 Å². The number of carbonyl (C=O) groups is 1. The van der Waals surface area contributed by atoms with Crippen molar-refractivity contribution in [2.45, 2.75) is 19.9 Å². The number of nitrogens with one attached hydrogen (secondary N) is 1. The zero-order chi connectivity index (χ0) is 15.3. The van der Waals surface area contributed by atoms with E-state index >= 15 is 0 Å². The zero-order valence-corrected chi connectivity index (χ0v) is 12.0. The van der Waals surface area contributed by atoms with Crippen LogP contribution in [0.25, 0.3) is 5.65 Å². The van der Waals surface area contributed by atoms with E-state index in [1.54, 1.807) is 11.0 Å². The number of anilines is 1. The van der Waals surface area contributed by atoms with E-state index in [0.29, 0.717) is 11.2 Å². The molecule has 0 radical (unpaired) electrons. The Morgan fingerprint density at radius 2 is 2.00 bits per heavy atom. The number of amides is 1. The molecular formula is C16H14N4O2. The first-order chi connectivity index (χ1) is 10.7. The van der Waals surface area contributed by atoms with Gasteiger partial charge in [-0.25, -0.2) is 9.50 Å². The summed E-state index contributed by atoms with van der Waals surface area (Å²) in [5, 5.41) is 3.02. The Bertz CT molecular complexity index is 940. The Kier molecular flexibility index (Phi) is 2.66. The van der Waals surface area contributed by atoms with Crippen molar-refractivity contribution in [3.63, 3.8) is 0 Å². The Labute approximate surface area is 126 Å². The second-order valence-electron chi connectivity index (χ2n) is 5.30. The highest BCUT2D eigenvalue weighted by atomic mass is 16.2. The molecule has 3 aromatic rings. The minimum Gasteiger partial charge on any atom is -0.302 e. The fourth-order valence-electron chi connectivity index (χ4n) is 2.78. The number of benzene rings is 1. The predicted octanol–water partition coefficient (Wildman–Crippen LogP) is 1.75. The van der Waals surface area contributed by atoms with Crippen LogP contribution in [0.15, 0.2) is 41.2 Å². The van der Waals surface area contributed by atoms with E-state index in [1.807, 2.05) is 37.3 Å². The highest BCUT2D eigenvalue weighted by Gasteiger charge is 2.33. The summed E-state index contributed by atoms with van der Waals surface area (Å²) < 4.78 is 1.42. The number of hydrogen-bond acceptors (Lipinski definition) is 3. The van der Waals surface area contributed by atoms with E-state index in [1.165, 1.54) is 4.52 Å². The molecule has 110 valence electrons. The molecule has 0 saturated heterocycles. The fraction of sp³-hybridized carbons (Fsp3) is 0.188. The van der Waals surface area contributed by atoms with Gasteiger partial charge in [0.05, 0.1) is 12.1 Å². The highest BCUT2D eigenvalue weighted by molar-refractivity contribution is 6.08. The normalized spacial score (nSPS) is 13.9. The molecule has 0 fully saturated rings. The number of nitrogens with zero attached hydrogens (tertiary/aromatic N) is 3. The summed E-state index contributed by atoms with van der Waals surface area (Å²) in [6.07, 6.45) is 0.775. The van der Waals surface area contributed by atoms with Crippen molar-refractivity contribution >= 4 is 17.2 Å². The number of aromatic amines is 1. The summed E-state index contributed by atoms with van der Waals surface area (Å²) in [4.78, 5) is 31.1. The molecular weight excluding hydrogens is 280 g/mol. The van der Waals surface area contributed by atoms with E-state index in [9.17, 15) is 9.59 Å². The average Bonchev–Trinajstić information content (AvgIpc) is 3.11. The topological polar surface area (TPSA) is 70.5 Å². The molecule has 6 nitrogen and oxygen atoms in total. The first kappa shape index (κ1) is 12.8. The van der Waals surface area contributed by atoms with Crippen molar-refractivity contribution in [2.24, 2.45) is 0 Å². The SMILES string of the molecule is CCc1cc2nc3c(c(=O)n2[nH]1)CN(c1ccccc1)C3=O. The summed E-state index contributed by atoms with van der Waals surface area (Å²) in [6.45, 7) is 2.25. The van der Waals surface area contributed by atoms with Crippen LogP contribution in [0.5, 0.6) is 0 Å². The van der Waals surface area contributed by atoms with Crippen LogP contribution >= 0.6 is 0 Å². The van der Waals surface area contributed by atoms with E-state index in [0.717, 1.165) is 17.8 Å². The quantitative estimate of drug-likeness (QED) is 0.782. The van der Waals surface area contributed by atoms with Crippen LogP contribution in [0.2, 0.25) is 0 Å². The minimum atomic E-state index is -0.222. The van der Waals surface area contributed by atoms with Crippen LogP contribution in [0.4, 0.5) is 5.69 Å². The molecule has 2 aromatic heterocycles. The third-order valence-electron chi connectivity index (χ3n) is 3.97. The maximum atomic E-state index is 12.6. The van der Waals surface area contributed by atoms with Crippen LogP contribution < -0.4 is 10.5 Å². The Morgan fingerprint density at radius 1 is 1.23 bits per heavy atom. The van der Waals surface area contributed by atoms with Crippen molar-refractivity contribution in [3.05, 3.63) is 63.7 Å². The monoisotopic (exact) mass is 294 g/mol. The predicted molar refractivity (Wildman–Crippen MR) is 82.1 cm³/mol. The first-order valence-electron chi connectivity index (χ1n) is 7.19. The molecule has 4 rings (SSSR count). The summed E-state index contributed by atoms with van der Waals surface area (Å²) >= 11 is 0. The number of rotatable bonds is 2. The largest absolute Gasteiger partial charge is 0.302 e. The van der Waals surface area contributed by atoms with E-state index < -0.39 is 0 Å². The van der Waals surface area contributed by atoms with Gasteiger partial charge in [-0.3, -0.25) is 14.7 Å². The Morgan fingerprint density at radius 3 is 2.73 bits per heavy atom. The van der Waals surface area contributed by atoms with Gasteiger partial charge in [-0.05, 0) is 18.6 Å². The standard InChI is InChI=1S/C16H14N4O2/c1-2-10-8-13-17-14-12(15(21)20(13)18-10)9-19(16(14)22)11-6-4-3-5-7-11/h3-8,18H,2,9H2,1H3. The van der Waals surface area contributed by atoms with Crippen LogP contribution in [0, 0.1) is 0 Å². The van der Waals surface area contributed by atoms with Gasteiger partial charge in [0.15, 0.2) is 5.65 Å². The van der Waals surface area contributed by atoms with Crippen molar-refractivity contribution in [1.82, 2.24) is 14.6 Å². The lowest BCUT2D eigenvalue weighted by atomic mass is 10.2. The van der Waals surface area contributed by atoms with Gasteiger partial charge in [-0.2, -0.15) is 0 Å². The average molecular weight is 294 g/mol. The zero-order valence-electron chi connectivity index (χ0n) is 12.0. The molecule has 0 spiro atoms. The molecule has 3 heterocycles. The number of fused-ring (bicyclic) bond motifs is 2. The van der Waals surface area contributed by atoms with Crippen molar-refractivity contribution < 1.29 is 4.79 Å². The summed E-state index contributed by atoms with van der Waals surface area (Å²) in [6, 6.07) is 11.1. The van der Waals surface area contributed by atoms with Crippen molar-refractivity contribution in [2.75, 3.05) is 4.90 Å². The molecule has 0 saturated carbocycles. The lowest BCUT2D eigenvalue weighted by Gasteiger charge is -2.14. The van der Waals surface area contributed by atoms with Gasteiger partial charge < -0.3 is 4.90 Å². The number of carbonyl (C=O) groups excluding carboxylic acids is 1. The fourth-order valence-corrected chi connectivity index (χ4v) is 2.78. The van der Waals surface area contributed by atoms with E-state index in [2.05, 4.69) is 10.1 Å². The number of para-hydroxylation sites is 1. The van der Waals surface area contributed by atoms with Gasteiger partial charge in [0.1, 0.15) is 5.69 Å². The van der Waals surface area contributed by atoms with E-state index in [4.69, 9.17) is 0 Å². The third kappa shape index (κ3) is 1.70. The molecule has 6 heteroatoms. The number of H-pyrrole nitrogens is 1. The molecule has 0 atom stereocenters. The third-order valence-corrected chi connectivity index (χ3v) is 3.97. The second-order valence-corrected chi connectivity index (χ2v) is 5.30. The van der Waals surface area contributed by atoms with Gasteiger partial charge in [-0.1, -0.05) is 25.1 Å². The molecule has 1 aromatic carbocycles. The molecule has 1 N–H and O–H groups in total. The molecule has 0 unspecified atom stereocenters. The Hall–Kier alpha value is -2.89. The number of hydrogen-bond donors (Lipinski definition) is 1. The van der Waals surface area contributed by atoms with Gasteiger partial charge in [0, 0.05) is 17.4 Å². The molecule has 0 aliphatic carbocycles. The molecule has 22 heavy (non-hydrogen) atoms. The maximum absolute atomic E-state index is 12.6. The van der Waals surface area contributed by atoms with Gasteiger partial charge in [0.25, 0.3) is 11.5 Å². The second kappa shape index (κ2) is 4.56. The maximum Gasteiger partial charge on any atom is 0.278 e. The lowest BCUT2D eigenvalue weighted by Crippen LogP contribution is -2.23. The molecule has 1 amide bonds. The van der Waals surface area contributed by atoms with Crippen LogP contribution in [0.1, 0.15) is 28.7 Å². The van der Waals surface area contributed by atoms with Crippen LogP contribution in [0.3, 0.4) is 0 Å². The Balaban J connectivity index is 1.88. The number of aryl methyl sites for hydroxylation is 1. The van der Waals surface area contributed by atoms with Crippen LogP contribution in [-0.4, -0.2) is 20.5 Å². The lowest BCUT2D eigenvalue weighted by molar-refractivity contribution is 0.0992. The van der Waals surface area contributed by atoms with Crippen molar-refractivity contribution in [3.8, 4) is 0 Å². The number of aromatic nitrogens is 3.